The van der Waals surface area contributed by atoms with E-state index in [0.29, 0.717) is 5.56 Å². The van der Waals surface area contributed by atoms with Gasteiger partial charge < -0.3 is 5.11 Å². The van der Waals surface area contributed by atoms with Crippen LogP contribution in [0.2, 0.25) is 36.3 Å². The second kappa shape index (κ2) is 6.56. The highest BCUT2D eigenvalue weighted by Crippen LogP contribution is 2.39. The van der Waals surface area contributed by atoms with Gasteiger partial charge in [0.15, 0.2) is 0 Å². The first kappa shape index (κ1) is 21.9. The van der Waals surface area contributed by atoms with Crippen LogP contribution in [-0.4, -0.2) is 27.2 Å². The lowest BCUT2D eigenvalue weighted by Gasteiger charge is -2.41. The molecule has 1 aromatic rings. The molecule has 6 heteroatoms. The lowest BCUT2D eigenvalue weighted by molar-refractivity contribution is 0.0951. The van der Waals surface area contributed by atoms with Crippen LogP contribution in [-0.2, 0) is 0 Å². The Kier molecular flexibility index (Phi) is 5.75. The second-order valence-corrected chi connectivity index (χ2v) is 20.8. The molecule has 4 nitrogen and oxygen atoms in total. The fourth-order valence-corrected chi connectivity index (χ4v) is 6.63. The van der Waals surface area contributed by atoms with Gasteiger partial charge in [0, 0.05) is 0 Å². The van der Waals surface area contributed by atoms with Crippen LogP contribution in [0.15, 0.2) is 12.1 Å². The number of aromatic hydroxyl groups is 1. The number of nitrogen functional groups attached to an aromatic ring is 1. The molecule has 0 aliphatic heterocycles. The van der Waals surface area contributed by atoms with Gasteiger partial charge in [-0.3, -0.25) is 10.2 Å². The molecule has 0 heterocycles. The molecule has 1 amide bonds. The molecule has 0 aromatic heterocycles. The Morgan fingerprint density at radius 3 is 1.76 bits per heavy atom. The molecular formula is C19H36N2O2Si2. The molecule has 0 unspecified atom stereocenters. The first-order valence-corrected chi connectivity index (χ1v) is 14.9. The summed E-state index contributed by atoms with van der Waals surface area (Å²) in [6.07, 6.45) is 0. The molecule has 25 heavy (non-hydrogen) atoms. The number of nitrogens with one attached hydrogen (secondary N) is 1. The third kappa shape index (κ3) is 3.85. The summed E-state index contributed by atoms with van der Waals surface area (Å²) in [7, 11) is -3.91. The summed E-state index contributed by atoms with van der Waals surface area (Å²) in [5.74, 6) is 5.04. The van der Waals surface area contributed by atoms with Crippen LogP contribution in [0.4, 0.5) is 0 Å². The number of hydrogen-bond donors (Lipinski definition) is 3. The van der Waals surface area contributed by atoms with Crippen LogP contribution in [0.1, 0.15) is 51.9 Å². The predicted molar refractivity (Wildman–Crippen MR) is 113 cm³/mol. The summed E-state index contributed by atoms with van der Waals surface area (Å²) < 4.78 is 0. The summed E-state index contributed by atoms with van der Waals surface area (Å²) in [5, 5.41) is 13.2. The predicted octanol–water partition coefficient (Wildman–Crippen LogP) is 3.43. The summed E-state index contributed by atoms with van der Waals surface area (Å²) in [6.45, 7) is 22.5. The SMILES string of the molecule is CC(C)(C)[Si](C)(C)c1cc(C(=O)NN)c(O)c([Si](C)(C)C(C)(C)C)c1. The summed E-state index contributed by atoms with van der Waals surface area (Å²) in [6, 6.07) is 4.03. The average Bonchev–Trinajstić information content (AvgIpc) is 2.43. The number of carbonyl (C=O) groups excluding carboxylic acids is 1. The highest BCUT2D eigenvalue weighted by molar-refractivity contribution is 6.95. The fourth-order valence-electron chi connectivity index (χ4n) is 2.56. The number of hydrogen-bond acceptors (Lipinski definition) is 3. The number of phenolic OH excluding ortho intramolecular Hbond substituents is 1. The van der Waals surface area contributed by atoms with E-state index in [0.717, 1.165) is 5.19 Å². The molecule has 142 valence electrons. The van der Waals surface area contributed by atoms with Gasteiger partial charge in [0.1, 0.15) is 5.75 Å². The first-order chi connectivity index (χ1) is 11.0. The van der Waals surface area contributed by atoms with Crippen molar-refractivity contribution in [2.75, 3.05) is 0 Å². The number of hydrazine groups is 1. The third-order valence-corrected chi connectivity index (χ3v) is 17.6. The zero-order valence-electron chi connectivity index (χ0n) is 17.6. The van der Waals surface area contributed by atoms with Crippen LogP contribution < -0.4 is 21.6 Å². The fraction of sp³-hybridized carbons (Fsp3) is 0.632. The molecule has 0 saturated heterocycles. The van der Waals surface area contributed by atoms with Crippen molar-refractivity contribution in [2.45, 2.75) is 77.8 Å². The number of rotatable bonds is 3. The third-order valence-electron chi connectivity index (χ3n) is 6.63. The van der Waals surface area contributed by atoms with E-state index in [-0.39, 0.29) is 15.8 Å². The van der Waals surface area contributed by atoms with E-state index in [1.165, 1.54) is 5.19 Å². The quantitative estimate of drug-likeness (QED) is 0.325. The van der Waals surface area contributed by atoms with Gasteiger partial charge in [-0.25, -0.2) is 5.84 Å². The Morgan fingerprint density at radius 2 is 1.40 bits per heavy atom. The largest absolute Gasteiger partial charge is 0.507 e. The van der Waals surface area contributed by atoms with E-state index in [9.17, 15) is 9.90 Å². The van der Waals surface area contributed by atoms with Crippen molar-refractivity contribution in [3.05, 3.63) is 17.7 Å². The van der Waals surface area contributed by atoms with E-state index >= 15 is 0 Å². The molecule has 1 aromatic carbocycles. The van der Waals surface area contributed by atoms with Crippen molar-refractivity contribution < 1.29 is 9.90 Å². The summed E-state index contributed by atoms with van der Waals surface area (Å²) >= 11 is 0. The van der Waals surface area contributed by atoms with Crippen LogP contribution in [0.25, 0.3) is 0 Å². The Balaban J connectivity index is 3.87. The average molecular weight is 381 g/mol. The van der Waals surface area contributed by atoms with Gasteiger partial charge in [0.05, 0.1) is 21.7 Å². The maximum atomic E-state index is 12.3. The van der Waals surface area contributed by atoms with Crippen molar-refractivity contribution in [1.29, 1.82) is 0 Å². The van der Waals surface area contributed by atoms with E-state index in [1.807, 2.05) is 6.07 Å². The van der Waals surface area contributed by atoms with Crippen LogP contribution >= 0.6 is 0 Å². The number of phenols is 1. The second-order valence-electron chi connectivity index (χ2n) is 10.1. The monoisotopic (exact) mass is 380 g/mol. The van der Waals surface area contributed by atoms with E-state index < -0.39 is 22.1 Å². The summed E-state index contributed by atoms with van der Waals surface area (Å²) in [4.78, 5) is 12.3. The molecule has 4 N–H and O–H groups in total. The van der Waals surface area contributed by atoms with Crippen molar-refractivity contribution in [3.63, 3.8) is 0 Å². The van der Waals surface area contributed by atoms with Gasteiger partial charge in [-0.15, -0.1) is 0 Å². The number of benzene rings is 1. The molecule has 0 fully saturated rings. The molecule has 0 aliphatic rings. The van der Waals surface area contributed by atoms with Crippen molar-refractivity contribution >= 4 is 32.4 Å². The minimum Gasteiger partial charge on any atom is -0.507 e. The van der Waals surface area contributed by atoms with Gasteiger partial charge in [-0.1, -0.05) is 79.0 Å². The van der Waals surface area contributed by atoms with Crippen LogP contribution in [0, 0.1) is 0 Å². The van der Waals surface area contributed by atoms with Crippen molar-refractivity contribution in [2.24, 2.45) is 5.84 Å². The number of amides is 1. The number of nitrogens with two attached hydrogens (primary N) is 1. The Bertz CT molecular complexity index is 669. The molecule has 0 bridgehead atoms. The molecule has 1 rings (SSSR count). The van der Waals surface area contributed by atoms with E-state index in [1.54, 1.807) is 0 Å². The molecule has 0 spiro atoms. The van der Waals surface area contributed by atoms with Crippen molar-refractivity contribution in [3.8, 4) is 5.75 Å². The molecule has 0 aliphatic carbocycles. The first-order valence-electron chi connectivity index (χ1n) is 8.87. The highest BCUT2D eigenvalue weighted by Gasteiger charge is 2.43. The lowest BCUT2D eigenvalue weighted by Crippen LogP contribution is -2.55. The Labute approximate surface area is 155 Å². The van der Waals surface area contributed by atoms with Gasteiger partial charge in [0.2, 0.25) is 0 Å². The topological polar surface area (TPSA) is 75.4 Å². The molecular weight excluding hydrogens is 344 g/mol. The molecule has 0 atom stereocenters. The standard InChI is InChI=1S/C19H36N2O2Si2/c1-18(2,3)24(7,8)13-11-14(17(23)21-20)16(22)15(12-13)25(9,10)19(4,5)6/h11-12,22H,20H2,1-10H3,(H,21,23). The summed E-state index contributed by atoms with van der Waals surface area (Å²) in [5.41, 5.74) is 2.48. The van der Waals surface area contributed by atoms with Gasteiger partial charge in [-0.2, -0.15) is 0 Å². The zero-order valence-corrected chi connectivity index (χ0v) is 19.6. The molecule has 0 saturated carbocycles. The van der Waals surface area contributed by atoms with Crippen LogP contribution in [0.3, 0.4) is 0 Å². The smallest absolute Gasteiger partial charge is 0.268 e. The number of carbonyl (C=O) groups is 1. The van der Waals surface area contributed by atoms with Gasteiger partial charge >= 0.3 is 0 Å². The minimum atomic E-state index is -2.03. The van der Waals surface area contributed by atoms with E-state index in [4.69, 9.17) is 5.84 Å². The minimum absolute atomic E-state index is 0.0486. The van der Waals surface area contributed by atoms with Gasteiger partial charge in [0.25, 0.3) is 5.91 Å². The van der Waals surface area contributed by atoms with E-state index in [2.05, 4.69) is 79.2 Å². The Hall–Kier alpha value is -1.12. The maximum Gasteiger partial charge on any atom is 0.268 e. The van der Waals surface area contributed by atoms with Crippen LogP contribution in [0.5, 0.6) is 5.75 Å². The zero-order chi connectivity index (χ0) is 20.0. The highest BCUT2D eigenvalue weighted by atomic mass is 28.3. The normalized spacial score (nSPS) is 13.7. The molecule has 0 radical (unpaired) electrons. The Morgan fingerprint density at radius 1 is 0.960 bits per heavy atom. The lowest BCUT2D eigenvalue weighted by atomic mass is 10.2. The van der Waals surface area contributed by atoms with Crippen molar-refractivity contribution in [1.82, 2.24) is 5.43 Å². The maximum absolute atomic E-state index is 12.3. The van der Waals surface area contributed by atoms with Gasteiger partial charge in [-0.05, 0) is 21.3 Å².